The van der Waals surface area contributed by atoms with Crippen LogP contribution in [0.4, 0.5) is 0 Å². The van der Waals surface area contributed by atoms with Crippen LogP contribution in [0.1, 0.15) is 39.5 Å². The highest BCUT2D eigenvalue weighted by Crippen LogP contribution is 2.23. The molecule has 2 heteroatoms. The number of rotatable bonds is 2. The van der Waals surface area contributed by atoms with Crippen LogP contribution in [0.2, 0.25) is 0 Å². The first-order chi connectivity index (χ1) is 6.75. The zero-order valence-corrected chi connectivity index (χ0v) is 9.25. The van der Waals surface area contributed by atoms with E-state index in [1.165, 1.54) is 37.8 Å². The molecule has 0 spiro atoms. The van der Waals surface area contributed by atoms with Gasteiger partial charge in [0.1, 0.15) is 0 Å². The monoisotopic (exact) mass is 195 g/mol. The van der Waals surface area contributed by atoms with Crippen LogP contribution in [0.15, 0.2) is 11.6 Å². The van der Waals surface area contributed by atoms with Crippen molar-refractivity contribution in [2.75, 3.05) is 6.54 Å². The van der Waals surface area contributed by atoms with Gasteiger partial charge in [-0.15, -0.1) is 0 Å². The Labute approximate surface area is 86.7 Å². The van der Waals surface area contributed by atoms with Crippen molar-refractivity contribution < 1.29 is 4.74 Å². The van der Waals surface area contributed by atoms with Crippen LogP contribution in [0.25, 0.3) is 0 Å². The smallest absolute Gasteiger partial charge is 0.0763 e. The summed E-state index contributed by atoms with van der Waals surface area (Å²) in [5.74, 6) is 0. The minimum atomic E-state index is 0.382. The van der Waals surface area contributed by atoms with Gasteiger partial charge in [-0.2, -0.15) is 0 Å². The molecule has 0 aromatic heterocycles. The first-order valence-electron chi connectivity index (χ1n) is 5.83. The Morgan fingerprint density at radius 1 is 1.36 bits per heavy atom. The molecule has 2 rings (SSSR count). The third-order valence-corrected chi connectivity index (χ3v) is 3.32. The predicted octanol–water partition coefficient (Wildman–Crippen LogP) is 2.25. The van der Waals surface area contributed by atoms with Gasteiger partial charge in [0.2, 0.25) is 0 Å². The summed E-state index contributed by atoms with van der Waals surface area (Å²) >= 11 is 0. The van der Waals surface area contributed by atoms with E-state index in [0.29, 0.717) is 18.2 Å². The summed E-state index contributed by atoms with van der Waals surface area (Å²) in [4.78, 5) is 0. The molecule has 0 aromatic carbocycles. The molecule has 2 heterocycles. The number of nitrogens with one attached hydrogen (secondary N) is 1. The summed E-state index contributed by atoms with van der Waals surface area (Å²) in [6, 6.07) is 0.620. The Morgan fingerprint density at radius 3 is 2.79 bits per heavy atom. The average Bonchev–Trinajstić information content (AvgIpc) is 2.75. The molecule has 0 bridgehead atoms. The lowest BCUT2D eigenvalue weighted by molar-refractivity contribution is 0.0827. The molecule has 80 valence electrons. The van der Waals surface area contributed by atoms with Gasteiger partial charge in [-0.05, 0) is 46.1 Å². The fraction of sp³-hybridized carbons (Fsp3) is 0.833. The van der Waals surface area contributed by atoms with Crippen LogP contribution in [-0.4, -0.2) is 24.8 Å². The Hall–Kier alpha value is -0.340. The van der Waals surface area contributed by atoms with Crippen LogP contribution in [-0.2, 0) is 4.74 Å². The summed E-state index contributed by atoms with van der Waals surface area (Å²) in [5, 5.41) is 3.52. The van der Waals surface area contributed by atoms with Gasteiger partial charge in [0.15, 0.2) is 0 Å². The van der Waals surface area contributed by atoms with Crippen molar-refractivity contribution in [3.05, 3.63) is 11.6 Å². The summed E-state index contributed by atoms with van der Waals surface area (Å²) in [5.41, 5.74) is 1.47. The van der Waals surface area contributed by atoms with Crippen molar-refractivity contribution in [1.82, 2.24) is 5.32 Å². The van der Waals surface area contributed by atoms with Crippen molar-refractivity contribution in [2.45, 2.75) is 57.8 Å². The van der Waals surface area contributed by atoms with E-state index in [-0.39, 0.29) is 0 Å². The van der Waals surface area contributed by atoms with Gasteiger partial charge < -0.3 is 10.1 Å². The molecule has 3 atom stereocenters. The maximum atomic E-state index is 5.79. The van der Waals surface area contributed by atoms with E-state index in [1.807, 2.05) is 0 Å². The summed E-state index contributed by atoms with van der Waals surface area (Å²) in [7, 11) is 0. The third kappa shape index (κ3) is 2.37. The minimum absolute atomic E-state index is 0.382. The molecule has 2 aliphatic heterocycles. The number of hydrogen-bond donors (Lipinski definition) is 1. The lowest BCUT2D eigenvalue weighted by atomic mass is 10.0. The highest BCUT2D eigenvalue weighted by Gasteiger charge is 2.22. The van der Waals surface area contributed by atoms with E-state index in [9.17, 15) is 0 Å². The zero-order valence-electron chi connectivity index (χ0n) is 9.25. The molecular weight excluding hydrogens is 174 g/mol. The zero-order chi connectivity index (χ0) is 9.97. The van der Waals surface area contributed by atoms with Gasteiger partial charge in [0, 0.05) is 6.04 Å². The summed E-state index contributed by atoms with van der Waals surface area (Å²) < 4.78 is 5.79. The predicted molar refractivity (Wildman–Crippen MR) is 58.4 cm³/mol. The van der Waals surface area contributed by atoms with Crippen LogP contribution < -0.4 is 5.32 Å². The Balaban J connectivity index is 1.89. The van der Waals surface area contributed by atoms with Crippen molar-refractivity contribution in [2.24, 2.45) is 0 Å². The normalized spacial score (nSPS) is 39.3. The van der Waals surface area contributed by atoms with Gasteiger partial charge in [-0.25, -0.2) is 0 Å². The SMILES string of the molecule is C/C(=C/C1CCC(C)O1)C1CCCN1. The average molecular weight is 195 g/mol. The summed E-state index contributed by atoms with van der Waals surface area (Å²) in [6.45, 7) is 5.57. The molecule has 2 nitrogen and oxygen atoms in total. The van der Waals surface area contributed by atoms with Crippen LogP contribution in [0, 0.1) is 0 Å². The topological polar surface area (TPSA) is 21.3 Å². The van der Waals surface area contributed by atoms with Crippen LogP contribution in [0.5, 0.6) is 0 Å². The second-order valence-electron chi connectivity index (χ2n) is 4.62. The lowest BCUT2D eigenvalue weighted by Crippen LogP contribution is -2.23. The van der Waals surface area contributed by atoms with E-state index < -0.39 is 0 Å². The summed E-state index contributed by atoms with van der Waals surface area (Å²) in [6.07, 6.45) is 8.19. The van der Waals surface area contributed by atoms with E-state index in [1.54, 1.807) is 0 Å². The molecule has 0 saturated carbocycles. The lowest BCUT2D eigenvalue weighted by Gasteiger charge is -2.13. The van der Waals surface area contributed by atoms with Crippen molar-refractivity contribution in [1.29, 1.82) is 0 Å². The van der Waals surface area contributed by atoms with Crippen molar-refractivity contribution in [3.8, 4) is 0 Å². The Morgan fingerprint density at radius 2 is 2.21 bits per heavy atom. The molecule has 0 radical (unpaired) electrons. The quantitative estimate of drug-likeness (QED) is 0.682. The van der Waals surface area contributed by atoms with Crippen LogP contribution >= 0.6 is 0 Å². The molecule has 0 aliphatic carbocycles. The van der Waals surface area contributed by atoms with Crippen LogP contribution in [0.3, 0.4) is 0 Å². The third-order valence-electron chi connectivity index (χ3n) is 3.32. The van der Waals surface area contributed by atoms with Gasteiger partial charge in [0.25, 0.3) is 0 Å². The molecule has 2 aliphatic rings. The molecule has 2 fully saturated rings. The number of ether oxygens (including phenoxy) is 1. The number of hydrogen-bond acceptors (Lipinski definition) is 2. The highest BCUT2D eigenvalue weighted by molar-refractivity contribution is 5.12. The second-order valence-corrected chi connectivity index (χ2v) is 4.62. The Bertz CT molecular complexity index is 218. The fourth-order valence-electron chi connectivity index (χ4n) is 2.44. The van der Waals surface area contributed by atoms with E-state index in [4.69, 9.17) is 4.74 Å². The second kappa shape index (κ2) is 4.45. The van der Waals surface area contributed by atoms with E-state index in [2.05, 4.69) is 25.2 Å². The van der Waals surface area contributed by atoms with Gasteiger partial charge in [-0.1, -0.05) is 11.6 Å². The maximum Gasteiger partial charge on any atom is 0.0763 e. The van der Waals surface area contributed by atoms with E-state index >= 15 is 0 Å². The highest BCUT2D eigenvalue weighted by atomic mass is 16.5. The first kappa shape index (κ1) is 10.2. The van der Waals surface area contributed by atoms with E-state index in [0.717, 1.165) is 0 Å². The van der Waals surface area contributed by atoms with Gasteiger partial charge >= 0.3 is 0 Å². The minimum Gasteiger partial charge on any atom is -0.371 e. The first-order valence-corrected chi connectivity index (χ1v) is 5.83. The molecule has 1 N–H and O–H groups in total. The molecule has 0 aromatic rings. The molecule has 14 heavy (non-hydrogen) atoms. The van der Waals surface area contributed by atoms with Crippen molar-refractivity contribution in [3.63, 3.8) is 0 Å². The Kier molecular flexibility index (Phi) is 3.24. The molecule has 2 saturated heterocycles. The maximum absolute atomic E-state index is 5.79. The standard InChI is InChI=1S/C12H21NO/c1-9(12-4-3-7-13-12)8-11-6-5-10(2)14-11/h8,10-13H,3-7H2,1-2H3/b9-8-. The fourth-order valence-corrected chi connectivity index (χ4v) is 2.44. The van der Waals surface area contributed by atoms with Crippen molar-refractivity contribution >= 4 is 0 Å². The van der Waals surface area contributed by atoms with Gasteiger partial charge in [0.05, 0.1) is 12.2 Å². The molecule has 3 unspecified atom stereocenters. The van der Waals surface area contributed by atoms with Gasteiger partial charge in [-0.3, -0.25) is 0 Å². The largest absolute Gasteiger partial charge is 0.371 e. The molecular formula is C12H21NO. The molecule has 0 amide bonds.